The van der Waals surface area contributed by atoms with Crippen molar-refractivity contribution in [2.45, 2.75) is 37.7 Å². The van der Waals surface area contributed by atoms with Gasteiger partial charge in [0.05, 0.1) is 24.9 Å². The maximum atomic E-state index is 11.9. The number of hydrogen-bond donors (Lipinski definition) is 3. The highest BCUT2D eigenvalue weighted by molar-refractivity contribution is 6.45. The van der Waals surface area contributed by atoms with E-state index >= 15 is 0 Å². The maximum Gasteiger partial charge on any atom is 0.478 e. The van der Waals surface area contributed by atoms with E-state index < -0.39 is 25.1 Å². The third-order valence-corrected chi connectivity index (χ3v) is 3.34. The van der Waals surface area contributed by atoms with Crippen LogP contribution in [0.3, 0.4) is 0 Å². The predicted molar refractivity (Wildman–Crippen MR) is 84.2 cm³/mol. The van der Waals surface area contributed by atoms with Gasteiger partial charge in [-0.25, -0.2) is 0 Å². The molecule has 1 aromatic heterocycles. The SMILES string of the molecule is O=C(O)C[C@@H]1CC[C@H](NC(=O)Cc2ccncc2)B(O)O1.O=C=O.O=C=O. The van der Waals surface area contributed by atoms with Crippen molar-refractivity contribution >= 4 is 31.3 Å². The molecule has 2 heterocycles. The fourth-order valence-corrected chi connectivity index (χ4v) is 2.30. The zero-order valence-corrected chi connectivity index (χ0v) is 14.1. The number of pyridine rings is 1. The molecule has 2 atom stereocenters. The fourth-order valence-electron chi connectivity index (χ4n) is 2.30. The van der Waals surface area contributed by atoms with Gasteiger partial charge in [-0.2, -0.15) is 19.2 Å². The van der Waals surface area contributed by atoms with Crippen LogP contribution < -0.4 is 5.32 Å². The zero-order chi connectivity index (χ0) is 20.7. The van der Waals surface area contributed by atoms with E-state index in [1.54, 1.807) is 24.5 Å². The van der Waals surface area contributed by atoms with Crippen molar-refractivity contribution in [3.63, 3.8) is 0 Å². The van der Waals surface area contributed by atoms with Gasteiger partial charge >= 0.3 is 25.4 Å². The van der Waals surface area contributed by atoms with Crippen molar-refractivity contribution in [1.82, 2.24) is 10.3 Å². The van der Waals surface area contributed by atoms with E-state index in [0.717, 1.165) is 5.56 Å². The van der Waals surface area contributed by atoms with Crippen LogP contribution in [0.5, 0.6) is 0 Å². The average Bonchev–Trinajstić information content (AvgIpc) is 2.59. The number of carbonyl (C=O) groups excluding carboxylic acids is 5. The molecular formula is C15H17BN2O9. The molecule has 27 heavy (non-hydrogen) atoms. The lowest BCUT2D eigenvalue weighted by Gasteiger charge is -2.30. The first-order valence-electron chi connectivity index (χ1n) is 7.60. The summed E-state index contributed by atoms with van der Waals surface area (Å²) in [5.74, 6) is -1.69. The van der Waals surface area contributed by atoms with E-state index in [1.807, 2.05) is 0 Å². The molecular weight excluding hydrogens is 363 g/mol. The molecule has 1 fully saturated rings. The Bertz CT molecular complexity index is 647. The molecule has 144 valence electrons. The normalized spacial score (nSPS) is 17.6. The van der Waals surface area contributed by atoms with Gasteiger partial charge in [-0.3, -0.25) is 14.6 Å². The molecule has 0 saturated carbocycles. The van der Waals surface area contributed by atoms with Gasteiger partial charge in [0, 0.05) is 12.4 Å². The van der Waals surface area contributed by atoms with Crippen LogP contribution in [-0.4, -0.2) is 58.5 Å². The highest BCUT2D eigenvalue weighted by atomic mass is 16.5. The maximum absolute atomic E-state index is 11.9. The number of rotatable bonds is 5. The summed E-state index contributed by atoms with van der Waals surface area (Å²) in [5, 5.41) is 21.2. The monoisotopic (exact) mass is 380 g/mol. The van der Waals surface area contributed by atoms with E-state index in [0.29, 0.717) is 12.8 Å². The van der Waals surface area contributed by atoms with Crippen LogP contribution in [0, 0.1) is 0 Å². The number of nitrogens with zero attached hydrogens (tertiary/aromatic N) is 1. The summed E-state index contributed by atoms with van der Waals surface area (Å²) in [6, 6.07) is 3.49. The molecule has 1 aromatic rings. The van der Waals surface area contributed by atoms with Gasteiger partial charge in [-0.15, -0.1) is 0 Å². The minimum absolute atomic E-state index is 0.144. The third-order valence-electron chi connectivity index (χ3n) is 3.34. The number of aromatic nitrogens is 1. The third kappa shape index (κ3) is 11.1. The first-order chi connectivity index (χ1) is 12.9. The number of carboxylic acids is 1. The quantitative estimate of drug-likeness (QED) is 0.516. The molecule has 0 bridgehead atoms. The van der Waals surface area contributed by atoms with Crippen LogP contribution in [0.2, 0.25) is 0 Å². The Hall–Kier alpha value is -3.17. The number of amides is 1. The van der Waals surface area contributed by atoms with Gasteiger partial charge in [-0.05, 0) is 30.5 Å². The number of aliphatic carboxylic acids is 1. The molecule has 0 aliphatic carbocycles. The molecule has 2 rings (SSSR count). The van der Waals surface area contributed by atoms with Crippen LogP contribution in [0.4, 0.5) is 0 Å². The Morgan fingerprint density at radius 3 is 2.22 bits per heavy atom. The number of hydrogen-bond acceptors (Lipinski definition) is 9. The summed E-state index contributed by atoms with van der Waals surface area (Å²) in [4.78, 5) is 58.9. The first-order valence-corrected chi connectivity index (χ1v) is 7.60. The van der Waals surface area contributed by atoms with Gasteiger partial charge in [0.25, 0.3) is 0 Å². The standard InChI is InChI=1S/C13H17BN2O5.2CO2/c17-12(7-9-3-5-15-6-4-9)16-11-2-1-10(8-13(18)19)21-14(11)20;2*2-1-3/h3-6,10-11,20H,1-2,7-8H2,(H,16,17)(H,18,19);;/t10-,11-;;/m0../s1. The summed E-state index contributed by atoms with van der Waals surface area (Å²) in [6.07, 6.45) is 4.24. The van der Waals surface area contributed by atoms with Crippen molar-refractivity contribution in [1.29, 1.82) is 0 Å². The second-order valence-corrected chi connectivity index (χ2v) is 5.20. The van der Waals surface area contributed by atoms with E-state index in [4.69, 9.17) is 28.9 Å². The highest BCUT2D eigenvalue weighted by Gasteiger charge is 2.36. The Labute approximate surface area is 153 Å². The van der Waals surface area contributed by atoms with Crippen LogP contribution in [-0.2, 0) is 39.8 Å². The van der Waals surface area contributed by atoms with E-state index in [-0.39, 0.29) is 31.1 Å². The average molecular weight is 380 g/mol. The number of nitrogens with one attached hydrogen (secondary N) is 1. The molecule has 0 unspecified atom stereocenters. The van der Waals surface area contributed by atoms with Crippen molar-refractivity contribution in [2.24, 2.45) is 0 Å². The Morgan fingerprint density at radius 2 is 1.74 bits per heavy atom. The second-order valence-electron chi connectivity index (χ2n) is 5.20. The molecule has 0 spiro atoms. The predicted octanol–water partition coefficient (Wildman–Crippen LogP) is -1.38. The van der Waals surface area contributed by atoms with Crippen molar-refractivity contribution in [3.05, 3.63) is 30.1 Å². The first kappa shape index (κ1) is 23.8. The minimum Gasteiger partial charge on any atom is -0.481 e. The van der Waals surface area contributed by atoms with Crippen LogP contribution in [0.1, 0.15) is 24.8 Å². The summed E-state index contributed by atoms with van der Waals surface area (Å²) in [7, 11) is -1.18. The van der Waals surface area contributed by atoms with Crippen LogP contribution in [0.25, 0.3) is 0 Å². The van der Waals surface area contributed by atoms with Crippen molar-refractivity contribution in [2.75, 3.05) is 0 Å². The lowest BCUT2D eigenvalue weighted by Crippen LogP contribution is -2.53. The van der Waals surface area contributed by atoms with Crippen molar-refractivity contribution in [3.8, 4) is 0 Å². The van der Waals surface area contributed by atoms with Gasteiger partial charge < -0.3 is 20.1 Å². The Kier molecular flexibility index (Phi) is 12.4. The topological polar surface area (TPSA) is 177 Å². The summed E-state index contributed by atoms with van der Waals surface area (Å²) in [6.45, 7) is 0. The van der Waals surface area contributed by atoms with E-state index in [2.05, 4.69) is 10.3 Å². The molecule has 1 aliphatic heterocycles. The molecule has 3 N–H and O–H groups in total. The molecule has 1 aliphatic rings. The van der Waals surface area contributed by atoms with E-state index in [9.17, 15) is 14.6 Å². The summed E-state index contributed by atoms with van der Waals surface area (Å²) >= 11 is 0. The highest BCUT2D eigenvalue weighted by Crippen LogP contribution is 2.18. The molecule has 1 saturated heterocycles. The van der Waals surface area contributed by atoms with Crippen LogP contribution in [0.15, 0.2) is 24.5 Å². The molecule has 11 nitrogen and oxygen atoms in total. The minimum atomic E-state index is -1.18. The Balaban J connectivity index is 0.000000997. The molecule has 0 aromatic carbocycles. The number of carboxylic acid groups (broad SMARTS) is 1. The molecule has 12 heteroatoms. The van der Waals surface area contributed by atoms with Crippen LogP contribution >= 0.6 is 0 Å². The second kappa shape index (κ2) is 14.1. The lowest BCUT2D eigenvalue weighted by atomic mass is 9.72. The van der Waals surface area contributed by atoms with E-state index in [1.165, 1.54) is 0 Å². The van der Waals surface area contributed by atoms with Crippen molar-refractivity contribution < 1.29 is 43.6 Å². The van der Waals surface area contributed by atoms with Gasteiger partial charge in [0.2, 0.25) is 5.91 Å². The smallest absolute Gasteiger partial charge is 0.478 e. The van der Waals surface area contributed by atoms with Gasteiger partial charge in [0.15, 0.2) is 0 Å². The fraction of sp³-hybridized carbons (Fsp3) is 0.400. The lowest BCUT2D eigenvalue weighted by molar-refractivity contribution is -0.193. The molecule has 0 radical (unpaired) electrons. The zero-order valence-electron chi connectivity index (χ0n) is 14.1. The van der Waals surface area contributed by atoms with Gasteiger partial charge in [0.1, 0.15) is 0 Å². The summed E-state index contributed by atoms with van der Waals surface area (Å²) in [5.41, 5.74) is 0.831. The molecule has 1 amide bonds. The largest absolute Gasteiger partial charge is 0.481 e. The number of carbonyl (C=O) groups is 2. The van der Waals surface area contributed by atoms with Gasteiger partial charge in [-0.1, -0.05) is 0 Å². The summed E-state index contributed by atoms with van der Waals surface area (Å²) < 4.78 is 5.21. The Morgan fingerprint density at radius 1 is 1.19 bits per heavy atom.